The normalized spacial score (nSPS) is 15.0. The van der Waals surface area contributed by atoms with E-state index in [-0.39, 0.29) is 17.8 Å². The first-order valence-electron chi connectivity index (χ1n) is 9.20. The van der Waals surface area contributed by atoms with Gasteiger partial charge >= 0.3 is 6.09 Å². The number of Topliss-reactive ketones (excluding diaryl/α,β-unsaturated/α-hetero) is 1. The van der Waals surface area contributed by atoms with Crippen LogP contribution in [-0.4, -0.2) is 46.0 Å². The first-order chi connectivity index (χ1) is 12.7. The van der Waals surface area contributed by atoms with E-state index in [1.807, 2.05) is 29.0 Å². The molecule has 1 aromatic heterocycles. The van der Waals surface area contributed by atoms with Gasteiger partial charge in [0.2, 0.25) is 5.78 Å². The van der Waals surface area contributed by atoms with E-state index in [0.717, 1.165) is 13.0 Å². The molecule has 0 radical (unpaired) electrons. The number of carbonyl (C=O) groups excluding carboxylic acids is 2. The predicted molar refractivity (Wildman–Crippen MR) is 98.0 cm³/mol. The molecule has 6 nitrogen and oxygen atoms in total. The topological polar surface area (TPSA) is 64.4 Å². The number of benzene rings is 1. The Kier molecular flexibility index (Phi) is 6.04. The van der Waals surface area contributed by atoms with Crippen molar-refractivity contribution in [2.45, 2.75) is 32.7 Å². The van der Waals surface area contributed by atoms with Gasteiger partial charge in [-0.2, -0.15) is 0 Å². The van der Waals surface area contributed by atoms with Gasteiger partial charge in [-0.15, -0.1) is 0 Å². The molecule has 2 aromatic rings. The fraction of sp³-hybridized carbons (Fsp3) is 0.450. The number of carbonyl (C=O) groups is 2. The number of imidazole rings is 1. The van der Waals surface area contributed by atoms with Crippen LogP contribution in [0.4, 0.5) is 4.79 Å². The average molecular weight is 355 g/mol. The number of amides is 1. The molecule has 0 bridgehead atoms. The van der Waals surface area contributed by atoms with Crippen LogP contribution in [0.1, 0.15) is 35.9 Å². The first kappa shape index (κ1) is 18.2. The Morgan fingerprint density at radius 3 is 2.62 bits per heavy atom. The van der Waals surface area contributed by atoms with Crippen molar-refractivity contribution in [1.82, 2.24) is 14.5 Å². The molecule has 0 saturated carbocycles. The van der Waals surface area contributed by atoms with Gasteiger partial charge in [0, 0.05) is 37.9 Å². The Morgan fingerprint density at radius 2 is 1.92 bits per heavy atom. The summed E-state index contributed by atoms with van der Waals surface area (Å²) in [6, 6.07) is 10.2. The van der Waals surface area contributed by atoms with Crippen LogP contribution in [0.3, 0.4) is 0 Å². The molecule has 0 aliphatic carbocycles. The molecule has 1 aliphatic rings. The van der Waals surface area contributed by atoms with Crippen LogP contribution in [0, 0.1) is 5.92 Å². The molecule has 6 heteroatoms. The zero-order chi connectivity index (χ0) is 18.4. The summed E-state index contributed by atoms with van der Waals surface area (Å²) >= 11 is 0. The second-order valence-electron chi connectivity index (χ2n) is 6.50. The van der Waals surface area contributed by atoms with Gasteiger partial charge in [0.05, 0.1) is 6.61 Å². The number of aromatic nitrogens is 2. The fourth-order valence-corrected chi connectivity index (χ4v) is 3.33. The summed E-state index contributed by atoms with van der Waals surface area (Å²) in [6.45, 7) is 4.01. The summed E-state index contributed by atoms with van der Waals surface area (Å²) in [5.41, 5.74) is 1.24. The van der Waals surface area contributed by atoms with Crippen molar-refractivity contribution >= 4 is 11.9 Å². The Labute approximate surface area is 153 Å². The molecular formula is C20H25N3O3. The molecule has 138 valence electrons. The van der Waals surface area contributed by atoms with E-state index in [2.05, 4.69) is 17.1 Å². The van der Waals surface area contributed by atoms with Gasteiger partial charge in [0.25, 0.3) is 0 Å². The Hall–Kier alpha value is -2.63. The number of hydrogen-bond donors (Lipinski definition) is 0. The molecule has 0 spiro atoms. The van der Waals surface area contributed by atoms with E-state index in [0.29, 0.717) is 38.4 Å². The molecule has 1 fully saturated rings. The Balaban J connectivity index is 1.57. The van der Waals surface area contributed by atoms with Gasteiger partial charge in [-0.1, -0.05) is 30.3 Å². The van der Waals surface area contributed by atoms with E-state index < -0.39 is 0 Å². The standard InChI is InChI=1S/C20H25N3O3/c1-2-26-20(25)23-13-9-17(10-14-23)18(24)19-21-11-15-22(19)12-8-16-6-4-3-5-7-16/h3-7,11,15,17H,2,8-10,12-14H2,1H3. The molecule has 1 aromatic carbocycles. The summed E-state index contributed by atoms with van der Waals surface area (Å²) in [6.07, 6.45) is 5.43. The summed E-state index contributed by atoms with van der Waals surface area (Å²) < 4.78 is 6.97. The van der Waals surface area contributed by atoms with Gasteiger partial charge in [-0.25, -0.2) is 9.78 Å². The third kappa shape index (κ3) is 4.31. The van der Waals surface area contributed by atoms with Gasteiger partial charge < -0.3 is 14.2 Å². The van der Waals surface area contributed by atoms with Gasteiger partial charge in [0.1, 0.15) is 0 Å². The minimum absolute atomic E-state index is 0.0755. The number of piperidine rings is 1. The summed E-state index contributed by atoms with van der Waals surface area (Å²) in [5.74, 6) is 0.514. The van der Waals surface area contributed by atoms with Crippen LogP contribution < -0.4 is 0 Å². The zero-order valence-corrected chi connectivity index (χ0v) is 15.1. The molecule has 1 amide bonds. The highest BCUT2D eigenvalue weighted by Crippen LogP contribution is 2.22. The Morgan fingerprint density at radius 1 is 1.19 bits per heavy atom. The van der Waals surface area contributed by atoms with Crippen LogP contribution in [0.25, 0.3) is 0 Å². The number of ether oxygens (including phenoxy) is 1. The Bertz CT molecular complexity index is 734. The highest BCUT2D eigenvalue weighted by Gasteiger charge is 2.30. The second kappa shape index (κ2) is 8.65. The minimum atomic E-state index is -0.289. The quantitative estimate of drug-likeness (QED) is 0.747. The van der Waals surface area contributed by atoms with E-state index in [1.165, 1.54) is 5.56 Å². The van der Waals surface area contributed by atoms with Crippen molar-refractivity contribution in [3.8, 4) is 0 Å². The SMILES string of the molecule is CCOC(=O)N1CCC(C(=O)c2nccn2CCc2ccccc2)CC1. The number of nitrogens with zero attached hydrogens (tertiary/aromatic N) is 3. The molecule has 2 heterocycles. The minimum Gasteiger partial charge on any atom is -0.450 e. The lowest BCUT2D eigenvalue weighted by Crippen LogP contribution is -2.41. The van der Waals surface area contributed by atoms with E-state index in [9.17, 15) is 9.59 Å². The van der Waals surface area contributed by atoms with Crippen LogP contribution in [0.2, 0.25) is 0 Å². The number of likely N-dealkylation sites (tertiary alicyclic amines) is 1. The lowest BCUT2D eigenvalue weighted by molar-refractivity contribution is 0.0743. The summed E-state index contributed by atoms with van der Waals surface area (Å²) in [5, 5.41) is 0. The van der Waals surface area contributed by atoms with E-state index >= 15 is 0 Å². The van der Waals surface area contributed by atoms with Crippen LogP contribution in [0.5, 0.6) is 0 Å². The maximum atomic E-state index is 12.9. The number of ketones is 1. The predicted octanol–water partition coefficient (Wildman–Crippen LogP) is 3.18. The molecule has 3 rings (SSSR count). The number of rotatable bonds is 6. The fourth-order valence-electron chi connectivity index (χ4n) is 3.33. The number of aryl methyl sites for hydroxylation is 2. The molecule has 26 heavy (non-hydrogen) atoms. The van der Waals surface area contributed by atoms with Gasteiger partial charge in [-0.3, -0.25) is 4.79 Å². The molecule has 0 N–H and O–H groups in total. The molecule has 0 unspecified atom stereocenters. The highest BCUT2D eigenvalue weighted by molar-refractivity contribution is 5.94. The first-order valence-corrected chi connectivity index (χ1v) is 9.20. The van der Waals surface area contributed by atoms with Crippen molar-refractivity contribution in [2.24, 2.45) is 5.92 Å². The largest absolute Gasteiger partial charge is 0.450 e. The number of hydrogen-bond acceptors (Lipinski definition) is 4. The molecule has 0 atom stereocenters. The van der Waals surface area contributed by atoms with Crippen molar-refractivity contribution < 1.29 is 14.3 Å². The van der Waals surface area contributed by atoms with Gasteiger partial charge in [0.15, 0.2) is 5.82 Å². The maximum absolute atomic E-state index is 12.9. The monoisotopic (exact) mass is 355 g/mol. The average Bonchev–Trinajstić information content (AvgIpc) is 3.15. The van der Waals surface area contributed by atoms with Crippen LogP contribution >= 0.6 is 0 Å². The third-order valence-corrected chi connectivity index (χ3v) is 4.81. The highest BCUT2D eigenvalue weighted by atomic mass is 16.6. The zero-order valence-electron chi connectivity index (χ0n) is 15.1. The smallest absolute Gasteiger partial charge is 0.409 e. The van der Waals surface area contributed by atoms with Crippen molar-refractivity contribution in [3.63, 3.8) is 0 Å². The molecular weight excluding hydrogens is 330 g/mol. The van der Waals surface area contributed by atoms with Gasteiger partial charge in [-0.05, 0) is 31.7 Å². The lowest BCUT2D eigenvalue weighted by Gasteiger charge is -2.30. The van der Waals surface area contributed by atoms with Crippen LogP contribution in [0.15, 0.2) is 42.7 Å². The molecule has 1 aliphatic heterocycles. The third-order valence-electron chi connectivity index (χ3n) is 4.81. The van der Waals surface area contributed by atoms with Crippen LogP contribution in [-0.2, 0) is 17.7 Å². The van der Waals surface area contributed by atoms with Crippen molar-refractivity contribution in [3.05, 3.63) is 54.1 Å². The maximum Gasteiger partial charge on any atom is 0.409 e. The van der Waals surface area contributed by atoms with Crippen molar-refractivity contribution in [2.75, 3.05) is 19.7 Å². The molecule has 1 saturated heterocycles. The van der Waals surface area contributed by atoms with Crippen molar-refractivity contribution in [1.29, 1.82) is 0 Å². The van der Waals surface area contributed by atoms with E-state index in [1.54, 1.807) is 18.0 Å². The summed E-state index contributed by atoms with van der Waals surface area (Å²) in [7, 11) is 0. The van der Waals surface area contributed by atoms with E-state index in [4.69, 9.17) is 4.74 Å². The lowest BCUT2D eigenvalue weighted by atomic mass is 9.92. The second-order valence-corrected chi connectivity index (χ2v) is 6.50. The summed E-state index contributed by atoms with van der Waals surface area (Å²) in [4.78, 5) is 30.6.